The fourth-order valence-corrected chi connectivity index (χ4v) is 3.51. The maximum atomic E-state index is 12.5. The van der Waals surface area contributed by atoms with Gasteiger partial charge in [0.05, 0.1) is 25.4 Å². The minimum atomic E-state index is -0.0109. The third-order valence-electron chi connectivity index (χ3n) is 4.75. The van der Waals surface area contributed by atoms with Gasteiger partial charge in [-0.15, -0.1) is 0 Å². The van der Waals surface area contributed by atoms with Crippen molar-refractivity contribution in [1.82, 2.24) is 15.1 Å². The van der Waals surface area contributed by atoms with Gasteiger partial charge in [-0.25, -0.2) is 4.79 Å². The SMILES string of the molecule is C[C@@H]1CN(C(=O)NCc2ccccc2CN2CCOCC2)C[C@H](C)O1. The second kappa shape index (κ2) is 8.65. The van der Waals surface area contributed by atoms with Gasteiger partial charge in [-0.3, -0.25) is 4.90 Å². The lowest BCUT2D eigenvalue weighted by Crippen LogP contribution is -2.51. The van der Waals surface area contributed by atoms with Gasteiger partial charge in [-0.2, -0.15) is 0 Å². The van der Waals surface area contributed by atoms with Crippen LogP contribution in [0.5, 0.6) is 0 Å². The van der Waals surface area contributed by atoms with E-state index in [-0.39, 0.29) is 18.2 Å². The zero-order chi connectivity index (χ0) is 17.6. The highest BCUT2D eigenvalue weighted by molar-refractivity contribution is 5.74. The molecule has 0 radical (unpaired) electrons. The highest BCUT2D eigenvalue weighted by atomic mass is 16.5. The highest BCUT2D eigenvalue weighted by Gasteiger charge is 2.25. The van der Waals surface area contributed by atoms with Crippen LogP contribution in [0.25, 0.3) is 0 Å². The zero-order valence-electron chi connectivity index (χ0n) is 15.2. The van der Waals surface area contributed by atoms with Crippen LogP contribution in [0.15, 0.2) is 24.3 Å². The molecule has 2 aliphatic rings. The number of carbonyl (C=O) groups is 1. The lowest BCUT2D eigenvalue weighted by atomic mass is 10.1. The maximum Gasteiger partial charge on any atom is 0.317 e. The summed E-state index contributed by atoms with van der Waals surface area (Å²) in [5, 5.41) is 3.08. The molecule has 1 aromatic carbocycles. The Bertz CT molecular complexity index is 565. The summed E-state index contributed by atoms with van der Waals surface area (Å²) in [7, 11) is 0. The van der Waals surface area contributed by atoms with E-state index < -0.39 is 0 Å². The van der Waals surface area contributed by atoms with Crippen molar-refractivity contribution in [2.75, 3.05) is 39.4 Å². The van der Waals surface area contributed by atoms with Crippen molar-refractivity contribution >= 4 is 6.03 Å². The van der Waals surface area contributed by atoms with Crippen LogP contribution in [-0.4, -0.2) is 67.4 Å². The number of ether oxygens (including phenoxy) is 2. The van der Waals surface area contributed by atoms with Crippen LogP contribution in [0.4, 0.5) is 4.79 Å². The topological polar surface area (TPSA) is 54.0 Å². The van der Waals surface area contributed by atoms with E-state index in [2.05, 4.69) is 28.4 Å². The molecule has 3 rings (SSSR count). The summed E-state index contributed by atoms with van der Waals surface area (Å²) in [6.45, 7) is 10.3. The third-order valence-corrected chi connectivity index (χ3v) is 4.75. The van der Waals surface area contributed by atoms with E-state index in [0.29, 0.717) is 19.6 Å². The molecule has 2 atom stereocenters. The monoisotopic (exact) mass is 347 g/mol. The first kappa shape index (κ1) is 18.2. The molecule has 2 amide bonds. The molecule has 2 saturated heterocycles. The molecule has 6 heteroatoms. The molecule has 0 aromatic heterocycles. The fraction of sp³-hybridized carbons (Fsp3) is 0.632. The number of rotatable bonds is 4. The summed E-state index contributed by atoms with van der Waals surface area (Å²) in [5.74, 6) is 0. The van der Waals surface area contributed by atoms with E-state index in [9.17, 15) is 4.79 Å². The minimum Gasteiger partial charge on any atom is -0.379 e. The van der Waals surface area contributed by atoms with Gasteiger partial charge in [-0.1, -0.05) is 24.3 Å². The molecule has 0 aliphatic carbocycles. The number of nitrogens with one attached hydrogen (secondary N) is 1. The Kier molecular flexibility index (Phi) is 6.29. The molecule has 2 heterocycles. The van der Waals surface area contributed by atoms with Crippen LogP contribution >= 0.6 is 0 Å². The molecule has 2 fully saturated rings. The average molecular weight is 347 g/mol. The van der Waals surface area contributed by atoms with Gasteiger partial charge in [0.2, 0.25) is 0 Å². The number of benzene rings is 1. The molecule has 0 bridgehead atoms. The van der Waals surface area contributed by atoms with Crippen molar-refractivity contribution in [3.05, 3.63) is 35.4 Å². The Labute approximate surface area is 150 Å². The number of amides is 2. The molecular weight excluding hydrogens is 318 g/mol. The Morgan fingerprint density at radius 3 is 2.44 bits per heavy atom. The number of nitrogens with zero attached hydrogens (tertiary/aromatic N) is 2. The maximum absolute atomic E-state index is 12.5. The fourth-order valence-electron chi connectivity index (χ4n) is 3.51. The molecule has 6 nitrogen and oxygen atoms in total. The van der Waals surface area contributed by atoms with Gasteiger partial charge in [0.15, 0.2) is 0 Å². The number of urea groups is 1. The van der Waals surface area contributed by atoms with Crippen molar-refractivity contribution in [2.45, 2.75) is 39.1 Å². The molecule has 25 heavy (non-hydrogen) atoms. The molecule has 0 unspecified atom stereocenters. The summed E-state index contributed by atoms with van der Waals surface area (Å²) >= 11 is 0. The molecule has 2 aliphatic heterocycles. The largest absolute Gasteiger partial charge is 0.379 e. The van der Waals surface area contributed by atoms with Gasteiger partial charge < -0.3 is 19.7 Å². The Morgan fingerprint density at radius 1 is 1.12 bits per heavy atom. The smallest absolute Gasteiger partial charge is 0.317 e. The lowest BCUT2D eigenvalue weighted by Gasteiger charge is -2.35. The standard InChI is InChI=1S/C19H29N3O3/c1-15-12-22(13-16(2)25-15)19(23)20-11-17-5-3-4-6-18(17)14-21-7-9-24-10-8-21/h3-6,15-16H,7-14H2,1-2H3,(H,20,23)/t15-,16+. The van der Waals surface area contributed by atoms with Gasteiger partial charge in [0, 0.05) is 39.3 Å². The van der Waals surface area contributed by atoms with Crippen molar-refractivity contribution in [3.63, 3.8) is 0 Å². The number of morpholine rings is 2. The minimum absolute atomic E-state index is 0.0109. The van der Waals surface area contributed by atoms with Gasteiger partial charge in [0.1, 0.15) is 0 Å². The summed E-state index contributed by atoms with van der Waals surface area (Å²) in [5.41, 5.74) is 2.45. The predicted molar refractivity (Wildman–Crippen MR) is 96.4 cm³/mol. The molecule has 1 aromatic rings. The zero-order valence-corrected chi connectivity index (χ0v) is 15.2. The molecular formula is C19H29N3O3. The van der Waals surface area contributed by atoms with Crippen molar-refractivity contribution in [1.29, 1.82) is 0 Å². The average Bonchev–Trinajstić information content (AvgIpc) is 2.61. The second-order valence-electron chi connectivity index (χ2n) is 6.98. The van der Waals surface area contributed by atoms with E-state index in [1.807, 2.05) is 24.8 Å². The van der Waals surface area contributed by atoms with Crippen molar-refractivity contribution in [3.8, 4) is 0 Å². The second-order valence-corrected chi connectivity index (χ2v) is 6.98. The van der Waals surface area contributed by atoms with E-state index in [0.717, 1.165) is 32.8 Å². The van der Waals surface area contributed by atoms with Crippen LogP contribution in [0.1, 0.15) is 25.0 Å². The van der Waals surface area contributed by atoms with E-state index in [1.54, 1.807) is 0 Å². The van der Waals surface area contributed by atoms with E-state index >= 15 is 0 Å². The number of carbonyl (C=O) groups excluding carboxylic acids is 1. The van der Waals surface area contributed by atoms with Crippen LogP contribution in [-0.2, 0) is 22.6 Å². The summed E-state index contributed by atoms with van der Waals surface area (Å²) in [6, 6.07) is 8.33. The molecule has 0 saturated carbocycles. The number of hydrogen-bond acceptors (Lipinski definition) is 4. The van der Waals surface area contributed by atoms with Crippen molar-refractivity contribution in [2.24, 2.45) is 0 Å². The van der Waals surface area contributed by atoms with E-state index in [4.69, 9.17) is 9.47 Å². The van der Waals surface area contributed by atoms with E-state index in [1.165, 1.54) is 11.1 Å². The Balaban J connectivity index is 1.56. The quantitative estimate of drug-likeness (QED) is 0.903. The van der Waals surface area contributed by atoms with Crippen LogP contribution < -0.4 is 5.32 Å². The molecule has 0 spiro atoms. The number of hydrogen-bond donors (Lipinski definition) is 1. The first-order valence-corrected chi connectivity index (χ1v) is 9.17. The normalized spacial score (nSPS) is 25.0. The van der Waals surface area contributed by atoms with Crippen LogP contribution in [0.3, 0.4) is 0 Å². The Morgan fingerprint density at radius 2 is 1.76 bits per heavy atom. The lowest BCUT2D eigenvalue weighted by molar-refractivity contribution is -0.0545. The predicted octanol–water partition coefficient (Wildman–Crippen LogP) is 1.84. The summed E-state index contributed by atoms with van der Waals surface area (Å²) in [6.07, 6.45) is 0.172. The third kappa shape index (κ3) is 5.17. The van der Waals surface area contributed by atoms with Gasteiger partial charge >= 0.3 is 6.03 Å². The highest BCUT2D eigenvalue weighted by Crippen LogP contribution is 2.14. The Hall–Kier alpha value is -1.63. The van der Waals surface area contributed by atoms with Gasteiger partial charge in [0.25, 0.3) is 0 Å². The molecule has 1 N–H and O–H groups in total. The van der Waals surface area contributed by atoms with Crippen LogP contribution in [0.2, 0.25) is 0 Å². The molecule has 138 valence electrons. The van der Waals surface area contributed by atoms with Crippen LogP contribution in [0, 0.1) is 0 Å². The first-order chi connectivity index (χ1) is 12.1. The summed E-state index contributed by atoms with van der Waals surface area (Å²) in [4.78, 5) is 16.7. The first-order valence-electron chi connectivity index (χ1n) is 9.17. The van der Waals surface area contributed by atoms with Crippen molar-refractivity contribution < 1.29 is 14.3 Å². The van der Waals surface area contributed by atoms with Gasteiger partial charge in [-0.05, 0) is 25.0 Å². The summed E-state index contributed by atoms with van der Waals surface area (Å²) < 4.78 is 11.1.